The van der Waals surface area contributed by atoms with Gasteiger partial charge in [-0.1, -0.05) is 42.5 Å². The van der Waals surface area contributed by atoms with Gasteiger partial charge < -0.3 is 14.8 Å². The third-order valence-electron chi connectivity index (χ3n) is 4.30. The van der Waals surface area contributed by atoms with Crippen LogP contribution in [0.25, 0.3) is 0 Å². The summed E-state index contributed by atoms with van der Waals surface area (Å²) < 4.78 is 10.8. The maximum atomic E-state index is 12.3. The Morgan fingerprint density at radius 1 is 1.03 bits per heavy atom. The van der Waals surface area contributed by atoms with Crippen molar-refractivity contribution in [1.29, 1.82) is 0 Å². The molecule has 6 heteroatoms. The molecule has 0 heterocycles. The molecule has 1 N–H and O–H groups in total. The van der Waals surface area contributed by atoms with Gasteiger partial charge in [-0.15, -0.1) is 0 Å². The first-order valence-electron chi connectivity index (χ1n) is 9.63. The molecular formula is C23H30N2O4. The third kappa shape index (κ3) is 7.23. The van der Waals surface area contributed by atoms with Crippen molar-refractivity contribution in [2.24, 2.45) is 0 Å². The lowest BCUT2D eigenvalue weighted by Gasteiger charge is -2.23. The van der Waals surface area contributed by atoms with Crippen LogP contribution < -0.4 is 10.2 Å². The summed E-state index contributed by atoms with van der Waals surface area (Å²) in [5.41, 5.74) is 2.07. The number of ether oxygens (including phenoxy) is 2. The van der Waals surface area contributed by atoms with Crippen molar-refractivity contribution in [3.05, 3.63) is 65.7 Å². The van der Waals surface area contributed by atoms with E-state index >= 15 is 0 Å². The van der Waals surface area contributed by atoms with Gasteiger partial charge in [-0.2, -0.15) is 0 Å². The summed E-state index contributed by atoms with van der Waals surface area (Å²) in [6.45, 7) is 5.77. The average molecular weight is 399 g/mol. The van der Waals surface area contributed by atoms with E-state index in [4.69, 9.17) is 9.47 Å². The van der Waals surface area contributed by atoms with Gasteiger partial charge in [0.1, 0.15) is 12.2 Å². The number of esters is 1. The Labute approximate surface area is 172 Å². The van der Waals surface area contributed by atoms with Crippen molar-refractivity contribution in [3.8, 4) is 0 Å². The van der Waals surface area contributed by atoms with Gasteiger partial charge in [0.2, 0.25) is 0 Å². The number of benzene rings is 2. The van der Waals surface area contributed by atoms with E-state index in [-0.39, 0.29) is 25.0 Å². The Kier molecular flexibility index (Phi) is 7.79. The SMILES string of the molecule is CN[C@H](CC(=O)OC(C)(C)C)c1ccc(N(C)C(=O)OCc2ccccc2)cc1. The molecule has 0 aliphatic heterocycles. The Morgan fingerprint density at radius 3 is 2.21 bits per heavy atom. The number of hydrogen-bond acceptors (Lipinski definition) is 5. The molecule has 2 aromatic carbocycles. The fourth-order valence-electron chi connectivity index (χ4n) is 2.79. The highest BCUT2D eigenvalue weighted by molar-refractivity contribution is 5.86. The van der Waals surface area contributed by atoms with Gasteiger partial charge in [0.05, 0.1) is 6.42 Å². The molecule has 0 fully saturated rings. The highest BCUT2D eigenvalue weighted by Crippen LogP contribution is 2.22. The van der Waals surface area contributed by atoms with Crippen molar-refractivity contribution >= 4 is 17.7 Å². The van der Waals surface area contributed by atoms with Crippen LogP contribution in [0.4, 0.5) is 10.5 Å². The lowest BCUT2D eigenvalue weighted by molar-refractivity contribution is -0.155. The number of hydrogen-bond donors (Lipinski definition) is 1. The van der Waals surface area contributed by atoms with E-state index in [1.165, 1.54) is 4.90 Å². The maximum Gasteiger partial charge on any atom is 0.414 e. The molecule has 2 rings (SSSR count). The first-order chi connectivity index (χ1) is 13.7. The molecule has 0 saturated heterocycles. The Balaban J connectivity index is 1.96. The van der Waals surface area contributed by atoms with E-state index in [0.717, 1.165) is 11.1 Å². The Morgan fingerprint density at radius 2 is 1.66 bits per heavy atom. The summed E-state index contributed by atoms with van der Waals surface area (Å²) in [4.78, 5) is 25.9. The first-order valence-corrected chi connectivity index (χ1v) is 9.63. The first kappa shape index (κ1) is 22.4. The molecule has 1 amide bonds. The van der Waals surface area contributed by atoms with Gasteiger partial charge in [0, 0.05) is 18.8 Å². The smallest absolute Gasteiger partial charge is 0.414 e. The molecule has 2 aromatic rings. The maximum absolute atomic E-state index is 12.3. The number of carbonyl (C=O) groups excluding carboxylic acids is 2. The molecule has 6 nitrogen and oxygen atoms in total. The monoisotopic (exact) mass is 398 g/mol. The average Bonchev–Trinajstić information content (AvgIpc) is 2.69. The normalized spacial score (nSPS) is 12.2. The Hall–Kier alpha value is -2.86. The fraction of sp³-hybridized carbons (Fsp3) is 0.391. The van der Waals surface area contributed by atoms with Gasteiger partial charge in [-0.05, 0) is 51.1 Å². The lowest BCUT2D eigenvalue weighted by Crippen LogP contribution is -2.28. The van der Waals surface area contributed by atoms with Gasteiger partial charge >= 0.3 is 12.1 Å². The van der Waals surface area contributed by atoms with E-state index in [1.807, 2.05) is 75.4 Å². The molecule has 0 saturated carbocycles. The summed E-state index contributed by atoms with van der Waals surface area (Å²) >= 11 is 0. The molecule has 0 aliphatic rings. The van der Waals surface area contributed by atoms with Crippen molar-refractivity contribution in [3.63, 3.8) is 0 Å². The molecular weight excluding hydrogens is 368 g/mol. The molecule has 0 bridgehead atoms. The van der Waals surface area contributed by atoms with E-state index in [9.17, 15) is 9.59 Å². The number of nitrogens with one attached hydrogen (secondary N) is 1. The number of rotatable bonds is 7. The lowest BCUT2D eigenvalue weighted by atomic mass is 10.0. The summed E-state index contributed by atoms with van der Waals surface area (Å²) in [5.74, 6) is -0.262. The second-order valence-corrected chi connectivity index (χ2v) is 7.82. The van der Waals surface area contributed by atoms with Crippen molar-refractivity contribution in [1.82, 2.24) is 5.32 Å². The number of anilines is 1. The quantitative estimate of drug-likeness (QED) is 0.698. The predicted molar refractivity (Wildman–Crippen MR) is 114 cm³/mol. The summed E-state index contributed by atoms with van der Waals surface area (Å²) in [6.07, 6.45) is -0.206. The molecule has 156 valence electrons. The predicted octanol–water partition coefficient (Wildman–Crippen LogP) is 4.45. The van der Waals surface area contributed by atoms with E-state index < -0.39 is 11.7 Å². The van der Waals surface area contributed by atoms with Crippen LogP contribution in [0.15, 0.2) is 54.6 Å². The zero-order valence-electron chi connectivity index (χ0n) is 17.8. The van der Waals surface area contributed by atoms with Crippen molar-refractivity contribution in [2.75, 3.05) is 19.0 Å². The number of nitrogens with zero attached hydrogens (tertiary/aromatic N) is 1. The molecule has 0 radical (unpaired) electrons. The number of amides is 1. The van der Waals surface area contributed by atoms with Gasteiger partial charge in [0.15, 0.2) is 0 Å². The molecule has 1 atom stereocenters. The Bertz CT molecular complexity index is 798. The van der Waals surface area contributed by atoms with Crippen LogP contribution >= 0.6 is 0 Å². The third-order valence-corrected chi connectivity index (χ3v) is 4.30. The molecule has 29 heavy (non-hydrogen) atoms. The van der Waals surface area contributed by atoms with Crippen LogP contribution in [0, 0.1) is 0 Å². The number of carbonyl (C=O) groups is 2. The van der Waals surface area contributed by atoms with Crippen LogP contribution in [-0.4, -0.2) is 31.8 Å². The minimum absolute atomic E-state index is 0.172. The molecule has 0 aliphatic carbocycles. The highest BCUT2D eigenvalue weighted by Gasteiger charge is 2.21. The van der Waals surface area contributed by atoms with Gasteiger partial charge in [-0.3, -0.25) is 9.69 Å². The zero-order valence-corrected chi connectivity index (χ0v) is 17.8. The van der Waals surface area contributed by atoms with E-state index in [2.05, 4.69) is 5.32 Å². The van der Waals surface area contributed by atoms with E-state index in [1.54, 1.807) is 14.1 Å². The van der Waals surface area contributed by atoms with Crippen LogP contribution in [-0.2, 0) is 20.9 Å². The van der Waals surface area contributed by atoms with Gasteiger partial charge in [-0.25, -0.2) is 4.79 Å². The minimum Gasteiger partial charge on any atom is -0.460 e. The minimum atomic E-state index is -0.512. The second-order valence-electron chi connectivity index (χ2n) is 7.82. The highest BCUT2D eigenvalue weighted by atomic mass is 16.6. The topological polar surface area (TPSA) is 67.9 Å². The van der Waals surface area contributed by atoms with Crippen molar-refractivity contribution in [2.45, 2.75) is 45.4 Å². The summed E-state index contributed by atoms with van der Waals surface area (Å²) in [5, 5.41) is 3.14. The summed E-state index contributed by atoms with van der Waals surface area (Å²) in [7, 11) is 3.47. The van der Waals surface area contributed by atoms with Crippen LogP contribution in [0.5, 0.6) is 0 Å². The summed E-state index contributed by atoms with van der Waals surface area (Å²) in [6, 6.07) is 16.8. The second kappa shape index (κ2) is 10.1. The largest absolute Gasteiger partial charge is 0.460 e. The molecule has 0 spiro atoms. The molecule has 0 aromatic heterocycles. The zero-order chi connectivity index (χ0) is 21.4. The molecule has 0 unspecified atom stereocenters. The van der Waals surface area contributed by atoms with Crippen LogP contribution in [0.2, 0.25) is 0 Å². The standard InChI is InChI=1S/C23H30N2O4/c1-23(2,3)29-21(26)15-20(24-4)18-11-13-19(14-12-18)25(5)22(27)28-16-17-9-7-6-8-10-17/h6-14,20,24H,15-16H2,1-5H3/t20-/m1/s1. The fourth-order valence-corrected chi connectivity index (χ4v) is 2.79. The van der Waals surface area contributed by atoms with Crippen molar-refractivity contribution < 1.29 is 19.1 Å². The van der Waals surface area contributed by atoms with E-state index in [0.29, 0.717) is 5.69 Å². The van der Waals surface area contributed by atoms with Gasteiger partial charge in [0.25, 0.3) is 0 Å². The van der Waals surface area contributed by atoms with Crippen LogP contribution in [0.3, 0.4) is 0 Å². The van der Waals surface area contributed by atoms with Crippen LogP contribution in [0.1, 0.15) is 44.4 Å².